The molecule has 0 amide bonds. The fourth-order valence-electron chi connectivity index (χ4n) is 1.79. The Morgan fingerprint density at radius 3 is 2.70 bits per heavy atom. The maximum Gasteiger partial charge on any atom is 0.340 e. The summed E-state index contributed by atoms with van der Waals surface area (Å²) in [4.78, 5) is 24.0. The summed E-state index contributed by atoms with van der Waals surface area (Å²) < 4.78 is 44.0. The average Bonchev–Trinajstić information content (AvgIpc) is 2.91. The van der Waals surface area contributed by atoms with Crippen LogP contribution in [0.5, 0.6) is 0 Å². The molecule has 9 nitrogen and oxygen atoms in total. The van der Waals surface area contributed by atoms with Crippen molar-refractivity contribution in [2.45, 2.75) is 11.4 Å². The number of methoxy groups -OCH3 is 1. The zero-order valence-electron chi connectivity index (χ0n) is 12.2. The van der Waals surface area contributed by atoms with E-state index in [0.29, 0.717) is 0 Å². The van der Waals surface area contributed by atoms with Crippen LogP contribution < -0.4 is 5.69 Å². The summed E-state index contributed by atoms with van der Waals surface area (Å²) >= 11 is 0. The molecule has 2 N–H and O–H groups in total. The molecule has 11 heteroatoms. The molecule has 0 saturated carbocycles. The van der Waals surface area contributed by atoms with Gasteiger partial charge in [-0.2, -0.15) is 9.40 Å². The Morgan fingerprint density at radius 2 is 2.13 bits per heavy atom. The van der Waals surface area contributed by atoms with Crippen molar-refractivity contribution >= 4 is 16.0 Å². The third-order valence-corrected chi connectivity index (χ3v) is 4.78. The first kappa shape index (κ1) is 16.8. The van der Waals surface area contributed by atoms with Crippen LogP contribution in [0, 0.1) is 5.82 Å². The second kappa shape index (κ2) is 6.30. The number of aromatic amines is 2. The molecule has 0 atom stereocenters. The fourth-order valence-corrected chi connectivity index (χ4v) is 3.01. The third-order valence-electron chi connectivity index (χ3n) is 2.96. The summed E-state index contributed by atoms with van der Waals surface area (Å²) in [5.74, 6) is -1.74. The van der Waals surface area contributed by atoms with Crippen molar-refractivity contribution in [1.29, 1.82) is 0 Å². The van der Waals surface area contributed by atoms with Crippen LogP contribution in [0.25, 0.3) is 0 Å². The second-order valence-electron chi connectivity index (χ2n) is 4.52. The molecular weight excluding hydrogens is 331 g/mol. The molecule has 0 bridgehead atoms. The van der Waals surface area contributed by atoms with Crippen LogP contribution >= 0.6 is 0 Å². The van der Waals surface area contributed by atoms with Crippen molar-refractivity contribution < 1.29 is 22.3 Å². The first-order chi connectivity index (χ1) is 10.8. The minimum absolute atomic E-state index is 0.0607. The van der Waals surface area contributed by atoms with Gasteiger partial charge in [-0.25, -0.2) is 27.5 Å². The van der Waals surface area contributed by atoms with E-state index in [4.69, 9.17) is 0 Å². The second-order valence-corrected chi connectivity index (χ2v) is 6.54. The van der Waals surface area contributed by atoms with Gasteiger partial charge in [0.25, 0.3) is 0 Å². The van der Waals surface area contributed by atoms with E-state index in [1.165, 1.54) is 7.05 Å². The van der Waals surface area contributed by atoms with Gasteiger partial charge in [-0.3, -0.25) is 4.98 Å². The highest BCUT2D eigenvalue weighted by Crippen LogP contribution is 2.21. The van der Waals surface area contributed by atoms with Gasteiger partial charge >= 0.3 is 11.7 Å². The minimum Gasteiger partial charge on any atom is -0.465 e. The molecule has 0 aliphatic rings. The molecule has 2 aromatic rings. The highest BCUT2D eigenvalue weighted by Gasteiger charge is 2.26. The van der Waals surface area contributed by atoms with Crippen molar-refractivity contribution in [2.24, 2.45) is 0 Å². The number of esters is 1. The summed E-state index contributed by atoms with van der Waals surface area (Å²) in [7, 11) is -1.94. The summed E-state index contributed by atoms with van der Waals surface area (Å²) in [6.07, 6.45) is 0. The Hall–Kier alpha value is -2.53. The largest absolute Gasteiger partial charge is 0.465 e. The standard InChI is InChI=1S/C12H13FN4O5S/c1-17(6-10-14-12(19)16-15-10)23(20,21)9-5-7(11(18)22-2)3-4-8(9)13/h3-5H,6H2,1-2H3,(H2,14,15,16,19). The Bertz CT molecular complexity index is 889. The average molecular weight is 344 g/mol. The number of carbonyl (C=O) groups excluding carboxylic acids is 1. The van der Waals surface area contributed by atoms with Crippen LogP contribution in [-0.2, 0) is 21.3 Å². The molecule has 0 radical (unpaired) electrons. The van der Waals surface area contributed by atoms with Gasteiger partial charge in [-0.05, 0) is 18.2 Å². The molecule has 124 valence electrons. The first-order valence-electron chi connectivity index (χ1n) is 6.23. The lowest BCUT2D eigenvalue weighted by Crippen LogP contribution is -2.28. The third kappa shape index (κ3) is 3.46. The monoisotopic (exact) mass is 344 g/mol. The highest BCUT2D eigenvalue weighted by atomic mass is 32.2. The van der Waals surface area contributed by atoms with Gasteiger partial charge in [0.15, 0.2) is 0 Å². The number of benzene rings is 1. The molecule has 0 fully saturated rings. The molecule has 1 aromatic heterocycles. The van der Waals surface area contributed by atoms with Gasteiger partial charge < -0.3 is 4.74 Å². The van der Waals surface area contributed by atoms with Crippen LogP contribution in [-0.4, -0.2) is 48.0 Å². The molecule has 1 aromatic carbocycles. The van der Waals surface area contributed by atoms with E-state index < -0.39 is 32.4 Å². The lowest BCUT2D eigenvalue weighted by atomic mass is 10.2. The van der Waals surface area contributed by atoms with Crippen molar-refractivity contribution in [3.8, 4) is 0 Å². The first-order valence-corrected chi connectivity index (χ1v) is 7.67. The number of carbonyl (C=O) groups is 1. The predicted octanol–water partition coefficient (Wildman–Crippen LogP) is -0.156. The van der Waals surface area contributed by atoms with E-state index >= 15 is 0 Å². The number of hydrogen-bond donors (Lipinski definition) is 2. The molecule has 0 aliphatic heterocycles. The molecule has 2 rings (SSSR count). The Morgan fingerprint density at radius 1 is 1.43 bits per heavy atom. The normalized spacial score (nSPS) is 11.7. The summed E-state index contributed by atoms with van der Waals surface area (Å²) in [6, 6.07) is 2.87. The van der Waals surface area contributed by atoms with Crippen molar-refractivity contribution in [3.05, 3.63) is 45.9 Å². The quantitative estimate of drug-likeness (QED) is 0.726. The van der Waals surface area contributed by atoms with E-state index in [1.807, 2.05) is 0 Å². The number of rotatable bonds is 5. The molecule has 1 heterocycles. The Balaban J connectivity index is 2.38. The van der Waals surface area contributed by atoms with Crippen molar-refractivity contribution in [3.63, 3.8) is 0 Å². The fraction of sp³-hybridized carbons (Fsp3) is 0.250. The van der Waals surface area contributed by atoms with E-state index in [-0.39, 0.29) is 17.9 Å². The summed E-state index contributed by atoms with van der Waals surface area (Å²) in [5, 5.41) is 5.67. The topological polar surface area (TPSA) is 125 Å². The zero-order valence-corrected chi connectivity index (χ0v) is 13.0. The van der Waals surface area contributed by atoms with E-state index in [2.05, 4.69) is 19.9 Å². The lowest BCUT2D eigenvalue weighted by molar-refractivity contribution is 0.0600. The summed E-state index contributed by atoms with van der Waals surface area (Å²) in [5.41, 5.74) is -0.696. The molecule has 0 aliphatic carbocycles. The highest BCUT2D eigenvalue weighted by molar-refractivity contribution is 7.89. The number of hydrogen-bond acceptors (Lipinski definition) is 6. The number of aromatic nitrogens is 3. The van der Waals surface area contributed by atoms with E-state index in [0.717, 1.165) is 29.6 Å². The number of nitrogens with zero attached hydrogens (tertiary/aromatic N) is 2. The zero-order chi connectivity index (χ0) is 17.2. The van der Waals surface area contributed by atoms with Gasteiger partial charge in [0.05, 0.1) is 19.2 Å². The molecule has 0 saturated heterocycles. The van der Waals surface area contributed by atoms with Crippen LogP contribution in [0.4, 0.5) is 4.39 Å². The minimum atomic E-state index is -4.25. The summed E-state index contributed by atoms with van der Waals surface area (Å²) in [6.45, 7) is -0.289. The van der Waals surface area contributed by atoms with Gasteiger partial charge in [0, 0.05) is 7.05 Å². The van der Waals surface area contributed by atoms with Crippen LogP contribution in [0.2, 0.25) is 0 Å². The van der Waals surface area contributed by atoms with Gasteiger partial charge in [0.1, 0.15) is 16.5 Å². The van der Waals surface area contributed by atoms with Crippen molar-refractivity contribution in [1.82, 2.24) is 19.5 Å². The van der Waals surface area contributed by atoms with Gasteiger partial charge in [-0.15, -0.1) is 0 Å². The van der Waals surface area contributed by atoms with Gasteiger partial charge in [-0.1, -0.05) is 0 Å². The van der Waals surface area contributed by atoms with Crippen LogP contribution in [0.3, 0.4) is 0 Å². The molecular formula is C12H13FN4O5S. The maximum atomic E-state index is 13.9. The Labute approximate surface area is 130 Å². The predicted molar refractivity (Wildman–Crippen MR) is 75.6 cm³/mol. The van der Waals surface area contributed by atoms with Crippen LogP contribution in [0.1, 0.15) is 16.2 Å². The number of H-pyrrole nitrogens is 2. The number of nitrogens with one attached hydrogen (secondary N) is 2. The molecule has 0 spiro atoms. The lowest BCUT2D eigenvalue weighted by Gasteiger charge is -2.16. The smallest absolute Gasteiger partial charge is 0.340 e. The van der Waals surface area contributed by atoms with Gasteiger partial charge in [0.2, 0.25) is 10.0 Å². The Kier molecular flexibility index (Phi) is 4.61. The number of sulfonamides is 1. The van der Waals surface area contributed by atoms with Crippen molar-refractivity contribution in [2.75, 3.05) is 14.2 Å². The molecule has 0 unspecified atom stereocenters. The number of halogens is 1. The van der Waals surface area contributed by atoms with E-state index in [1.54, 1.807) is 0 Å². The molecule has 23 heavy (non-hydrogen) atoms. The maximum absolute atomic E-state index is 13.9. The van der Waals surface area contributed by atoms with E-state index in [9.17, 15) is 22.4 Å². The van der Waals surface area contributed by atoms with Crippen LogP contribution in [0.15, 0.2) is 27.9 Å². The SMILES string of the molecule is COC(=O)c1ccc(F)c(S(=O)(=O)N(C)Cc2n[nH]c(=O)[nH]2)c1. The number of ether oxygens (including phenoxy) is 1.